The van der Waals surface area contributed by atoms with Gasteiger partial charge in [0.1, 0.15) is 5.82 Å². The average molecular weight is 352 g/mol. The predicted molar refractivity (Wildman–Crippen MR) is 83.9 cm³/mol. The van der Waals surface area contributed by atoms with E-state index in [0.717, 1.165) is 11.3 Å². The third-order valence-electron chi connectivity index (χ3n) is 3.12. The zero-order valence-corrected chi connectivity index (χ0v) is 13.3. The van der Waals surface area contributed by atoms with Gasteiger partial charge in [-0.15, -0.1) is 0 Å². The molecule has 21 heavy (non-hydrogen) atoms. The minimum absolute atomic E-state index is 0.0102. The van der Waals surface area contributed by atoms with E-state index in [1.165, 1.54) is 19.2 Å². The molecule has 2 aromatic carbocycles. The Kier molecular flexibility index (Phi) is 4.96. The van der Waals surface area contributed by atoms with Crippen molar-refractivity contribution in [3.8, 4) is 0 Å². The van der Waals surface area contributed by atoms with Gasteiger partial charge in [-0.3, -0.25) is 0 Å². The summed E-state index contributed by atoms with van der Waals surface area (Å²) in [5.74, 6) is -0.642. The maximum atomic E-state index is 13.1. The second kappa shape index (κ2) is 6.72. The summed E-state index contributed by atoms with van der Waals surface area (Å²) < 4.78 is 18.5. The predicted octanol–water partition coefficient (Wildman–Crippen LogP) is 4.55. The zero-order valence-electron chi connectivity index (χ0n) is 11.7. The highest BCUT2D eigenvalue weighted by Crippen LogP contribution is 2.27. The Bertz CT molecular complexity index is 643. The van der Waals surface area contributed by atoms with E-state index in [0.29, 0.717) is 10.0 Å². The molecule has 110 valence electrons. The van der Waals surface area contributed by atoms with Gasteiger partial charge in [0, 0.05) is 16.2 Å². The van der Waals surface area contributed by atoms with Crippen LogP contribution in [0.1, 0.15) is 28.9 Å². The fraction of sp³-hybridized carbons (Fsp3) is 0.188. The Morgan fingerprint density at radius 2 is 1.90 bits per heavy atom. The van der Waals surface area contributed by atoms with Crippen molar-refractivity contribution in [1.82, 2.24) is 0 Å². The monoisotopic (exact) mass is 351 g/mol. The Morgan fingerprint density at radius 3 is 2.48 bits per heavy atom. The van der Waals surface area contributed by atoms with E-state index in [1.807, 2.05) is 6.92 Å². The van der Waals surface area contributed by atoms with Crippen molar-refractivity contribution < 1.29 is 13.9 Å². The molecule has 1 unspecified atom stereocenters. The molecule has 0 spiro atoms. The summed E-state index contributed by atoms with van der Waals surface area (Å²) in [5.41, 5.74) is 2.32. The van der Waals surface area contributed by atoms with Crippen molar-refractivity contribution in [3.63, 3.8) is 0 Å². The van der Waals surface area contributed by atoms with Crippen molar-refractivity contribution in [3.05, 3.63) is 63.9 Å². The molecule has 0 aromatic heterocycles. The minimum Gasteiger partial charge on any atom is -0.465 e. The van der Waals surface area contributed by atoms with Gasteiger partial charge in [-0.05, 0) is 48.9 Å². The number of carbonyl (C=O) groups is 1. The lowest BCUT2D eigenvalue weighted by Crippen LogP contribution is -2.08. The van der Waals surface area contributed by atoms with Crippen molar-refractivity contribution >= 4 is 27.6 Å². The molecule has 0 saturated heterocycles. The van der Waals surface area contributed by atoms with Crippen LogP contribution in [0.3, 0.4) is 0 Å². The van der Waals surface area contributed by atoms with Gasteiger partial charge in [0.2, 0.25) is 0 Å². The summed E-state index contributed by atoms with van der Waals surface area (Å²) in [7, 11) is 1.35. The number of esters is 1. The summed E-state index contributed by atoms with van der Waals surface area (Å²) in [4.78, 5) is 11.4. The van der Waals surface area contributed by atoms with Crippen LogP contribution in [-0.2, 0) is 4.74 Å². The van der Waals surface area contributed by atoms with E-state index in [2.05, 4.69) is 26.0 Å². The van der Waals surface area contributed by atoms with Gasteiger partial charge in [0.15, 0.2) is 0 Å². The first-order valence-corrected chi connectivity index (χ1v) is 7.20. The van der Waals surface area contributed by atoms with Gasteiger partial charge in [-0.25, -0.2) is 9.18 Å². The first kappa shape index (κ1) is 15.5. The molecule has 1 atom stereocenters. The summed E-state index contributed by atoms with van der Waals surface area (Å²) in [6.45, 7) is 1.98. The van der Waals surface area contributed by atoms with Gasteiger partial charge in [-0.2, -0.15) is 0 Å². The van der Waals surface area contributed by atoms with E-state index in [4.69, 9.17) is 0 Å². The lowest BCUT2D eigenvalue weighted by molar-refractivity contribution is 0.0601. The van der Waals surface area contributed by atoms with Crippen LogP contribution in [0.25, 0.3) is 0 Å². The summed E-state index contributed by atoms with van der Waals surface area (Å²) in [6.07, 6.45) is 0. The Labute approximate surface area is 131 Å². The fourth-order valence-electron chi connectivity index (χ4n) is 2.00. The molecular formula is C16H15BrFNO2. The van der Waals surface area contributed by atoms with Gasteiger partial charge < -0.3 is 10.1 Å². The standard InChI is InChI=1S/C16H15BrFNO2/c1-10(14-8-5-12(18)9-15(14)17)19-13-6-3-11(4-7-13)16(20)21-2/h3-10,19H,1-2H3. The van der Waals surface area contributed by atoms with Crippen molar-refractivity contribution in [2.45, 2.75) is 13.0 Å². The maximum Gasteiger partial charge on any atom is 0.337 e. The molecule has 0 fully saturated rings. The quantitative estimate of drug-likeness (QED) is 0.821. The van der Waals surface area contributed by atoms with E-state index in [-0.39, 0.29) is 17.8 Å². The highest BCUT2D eigenvalue weighted by Gasteiger charge is 2.11. The van der Waals surface area contributed by atoms with Crippen molar-refractivity contribution in [2.24, 2.45) is 0 Å². The first-order chi connectivity index (χ1) is 10.0. The fourth-order valence-corrected chi connectivity index (χ4v) is 2.70. The number of rotatable bonds is 4. The van der Waals surface area contributed by atoms with Crippen LogP contribution < -0.4 is 5.32 Å². The molecule has 1 N–H and O–H groups in total. The van der Waals surface area contributed by atoms with Crippen LogP contribution in [0.4, 0.5) is 10.1 Å². The Balaban J connectivity index is 2.12. The number of methoxy groups -OCH3 is 1. The molecule has 2 rings (SSSR count). The minimum atomic E-state index is -0.365. The highest BCUT2D eigenvalue weighted by atomic mass is 79.9. The maximum absolute atomic E-state index is 13.1. The molecule has 0 aliphatic carbocycles. The lowest BCUT2D eigenvalue weighted by Gasteiger charge is -2.17. The number of carbonyl (C=O) groups excluding carboxylic acids is 1. The molecule has 0 amide bonds. The van der Waals surface area contributed by atoms with Gasteiger partial charge >= 0.3 is 5.97 Å². The first-order valence-electron chi connectivity index (χ1n) is 6.41. The SMILES string of the molecule is COC(=O)c1ccc(NC(C)c2ccc(F)cc2Br)cc1. The number of anilines is 1. The molecule has 0 aliphatic heterocycles. The van der Waals surface area contributed by atoms with Crippen LogP contribution in [0.2, 0.25) is 0 Å². The van der Waals surface area contributed by atoms with Crippen LogP contribution in [-0.4, -0.2) is 13.1 Å². The summed E-state index contributed by atoms with van der Waals surface area (Å²) >= 11 is 3.36. The molecule has 0 radical (unpaired) electrons. The molecular weight excluding hydrogens is 337 g/mol. The molecule has 2 aromatic rings. The molecule has 0 bridgehead atoms. The average Bonchev–Trinajstić information content (AvgIpc) is 2.47. The number of ether oxygens (including phenoxy) is 1. The van der Waals surface area contributed by atoms with Crippen LogP contribution in [0, 0.1) is 5.82 Å². The second-order valence-corrected chi connectivity index (χ2v) is 5.46. The largest absolute Gasteiger partial charge is 0.465 e. The smallest absolute Gasteiger partial charge is 0.337 e. The molecule has 3 nitrogen and oxygen atoms in total. The zero-order chi connectivity index (χ0) is 15.4. The van der Waals surface area contributed by atoms with Crippen LogP contribution in [0.5, 0.6) is 0 Å². The van der Waals surface area contributed by atoms with Crippen LogP contribution in [0.15, 0.2) is 46.9 Å². The number of hydrogen-bond donors (Lipinski definition) is 1. The number of hydrogen-bond acceptors (Lipinski definition) is 3. The molecule has 0 aliphatic rings. The number of nitrogens with one attached hydrogen (secondary N) is 1. The second-order valence-electron chi connectivity index (χ2n) is 4.60. The van der Waals surface area contributed by atoms with E-state index in [9.17, 15) is 9.18 Å². The lowest BCUT2D eigenvalue weighted by atomic mass is 10.1. The van der Waals surface area contributed by atoms with E-state index >= 15 is 0 Å². The molecule has 5 heteroatoms. The summed E-state index contributed by atoms with van der Waals surface area (Å²) in [6, 6.07) is 11.6. The van der Waals surface area contributed by atoms with E-state index < -0.39 is 0 Å². The Hall–Kier alpha value is -1.88. The number of halogens is 2. The summed E-state index contributed by atoms with van der Waals surface area (Å²) in [5, 5.41) is 3.30. The highest BCUT2D eigenvalue weighted by molar-refractivity contribution is 9.10. The number of benzene rings is 2. The van der Waals surface area contributed by atoms with Crippen molar-refractivity contribution in [1.29, 1.82) is 0 Å². The van der Waals surface area contributed by atoms with Gasteiger partial charge in [0.25, 0.3) is 0 Å². The molecule has 0 saturated carbocycles. The van der Waals surface area contributed by atoms with Crippen molar-refractivity contribution in [2.75, 3.05) is 12.4 Å². The van der Waals surface area contributed by atoms with E-state index in [1.54, 1.807) is 30.3 Å². The van der Waals surface area contributed by atoms with Gasteiger partial charge in [0.05, 0.1) is 12.7 Å². The third-order valence-corrected chi connectivity index (χ3v) is 3.80. The topological polar surface area (TPSA) is 38.3 Å². The molecule has 0 heterocycles. The Morgan fingerprint density at radius 1 is 1.24 bits per heavy atom. The van der Waals surface area contributed by atoms with Crippen LogP contribution >= 0.6 is 15.9 Å². The third kappa shape index (κ3) is 3.82. The van der Waals surface area contributed by atoms with Gasteiger partial charge in [-0.1, -0.05) is 22.0 Å². The normalized spacial score (nSPS) is 11.8.